The highest BCUT2D eigenvalue weighted by Gasteiger charge is 2.19. The van der Waals surface area contributed by atoms with Crippen LogP contribution < -0.4 is 15.8 Å². The predicted molar refractivity (Wildman–Crippen MR) is 68.0 cm³/mol. The molecule has 6 heteroatoms. The van der Waals surface area contributed by atoms with E-state index in [1.54, 1.807) is 12.1 Å². The van der Waals surface area contributed by atoms with Gasteiger partial charge in [0, 0.05) is 0 Å². The van der Waals surface area contributed by atoms with Gasteiger partial charge in [-0.2, -0.15) is 0 Å². The number of primary amides is 1. The number of nitrogens with one attached hydrogen (secondary N) is 1. The smallest absolute Gasteiger partial charge is 0.239 e. The van der Waals surface area contributed by atoms with Crippen LogP contribution >= 0.6 is 15.9 Å². The van der Waals surface area contributed by atoms with E-state index >= 15 is 0 Å². The van der Waals surface area contributed by atoms with Crippen molar-refractivity contribution in [3.63, 3.8) is 0 Å². The molecule has 4 N–H and O–H groups in total. The number of nitrogens with two attached hydrogens (primary N) is 1. The number of hydrogen-bond donors (Lipinski definition) is 3. The maximum atomic E-state index is 11.3. The monoisotopic (exact) mass is 302 g/mol. The number of amides is 1. The molecule has 1 amide bonds. The molecule has 0 radical (unpaired) electrons. The number of benzene rings is 1. The highest BCUT2D eigenvalue weighted by molar-refractivity contribution is 9.10. The lowest BCUT2D eigenvalue weighted by molar-refractivity contribution is -0.120. The fourth-order valence-corrected chi connectivity index (χ4v) is 1.96. The molecule has 0 spiro atoms. The molecular formula is C11H15BrN2O3. The SMILES string of the molecule is CCNC(C(N)=O)c1cc(Br)c(O)c(OC)c1. The number of aromatic hydroxyl groups is 1. The van der Waals surface area contributed by atoms with Crippen molar-refractivity contribution in [1.82, 2.24) is 5.32 Å². The molecule has 5 nitrogen and oxygen atoms in total. The van der Waals surface area contributed by atoms with Crippen LogP contribution in [0.1, 0.15) is 18.5 Å². The van der Waals surface area contributed by atoms with E-state index in [1.165, 1.54) is 7.11 Å². The van der Waals surface area contributed by atoms with Crippen molar-refractivity contribution in [2.75, 3.05) is 13.7 Å². The van der Waals surface area contributed by atoms with Gasteiger partial charge in [-0.3, -0.25) is 4.79 Å². The summed E-state index contributed by atoms with van der Waals surface area (Å²) in [6.07, 6.45) is 0. The van der Waals surface area contributed by atoms with Crippen molar-refractivity contribution in [3.05, 3.63) is 22.2 Å². The molecule has 1 aromatic carbocycles. The Morgan fingerprint density at radius 2 is 2.29 bits per heavy atom. The van der Waals surface area contributed by atoms with Gasteiger partial charge in [-0.15, -0.1) is 0 Å². The third-order valence-electron chi connectivity index (χ3n) is 2.30. The van der Waals surface area contributed by atoms with E-state index in [2.05, 4.69) is 21.2 Å². The second-order valence-corrected chi connectivity index (χ2v) is 4.30. The fourth-order valence-electron chi connectivity index (χ4n) is 1.50. The minimum Gasteiger partial charge on any atom is -0.503 e. The van der Waals surface area contributed by atoms with Crippen molar-refractivity contribution >= 4 is 21.8 Å². The van der Waals surface area contributed by atoms with Crippen LogP contribution in [0.3, 0.4) is 0 Å². The number of carbonyl (C=O) groups is 1. The predicted octanol–water partition coefficient (Wildman–Crippen LogP) is 1.30. The molecule has 1 unspecified atom stereocenters. The van der Waals surface area contributed by atoms with Crippen LogP contribution in [0.4, 0.5) is 0 Å². The van der Waals surface area contributed by atoms with E-state index in [9.17, 15) is 9.90 Å². The standard InChI is InChI=1S/C11H15BrN2O3/c1-3-14-9(11(13)16)6-4-7(12)10(15)8(5-6)17-2/h4-5,9,14-15H,3H2,1-2H3,(H2,13,16). The molecule has 0 fully saturated rings. The molecule has 0 aromatic heterocycles. The van der Waals surface area contributed by atoms with Gasteiger partial charge in [-0.05, 0) is 40.2 Å². The molecule has 0 saturated heterocycles. The lowest BCUT2D eigenvalue weighted by Gasteiger charge is -2.16. The zero-order valence-corrected chi connectivity index (χ0v) is 11.2. The highest BCUT2D eigenvalue weighted by Crippen LogP contribution is 2.36. The molecule has 0 saturated carbocycles. The average Bonchev–Trinajstić information content (AvgIpc) is 2.29. The van der Waals surface area contributed by atoms with Crippen molar-refractivity contribution in [2.45, 2.75) is 13.0 Å². The molecule has 1 atom stereocenters. The number of halogens is 1. The quantitative estimate of drug-likeness (QED) is 0.765. The minimum atomic E-state index is -0.606. The van der Waals surface area contributed by atoms with E-state index in [-0.39, 0.29) is 5.75 Å². The summed E-state index contributed by atoms with van der Waals surface area (Å²) in [6.45, 7) is 2.48. The van der Waals surface area contributed by atoms with Crippen LogP contribution in [-0.4, -0.2) is 24.7 Å². The number of rotatable bonds is 5. The lowest BCUT2D eigenvalue weighted by atomic mass is 10.1. The first kappa shape index (κ1) is 13.8. The Kier molecular flexibility index (Phi) is 4.77. The van der Waals surface area contributed by atoms with Gasteiger partial charge in [0.15, 0.2) is 11.5 Å². The maximum absolute atomic E-state index is 11.3. The van der Waals surface area contributed by atoms with Crippen LogP contribution in [0.25, 0.3) is 0 Å². The summed E-state index contributed by atoms with van der Waals surface area (Å²) in [7, 11) is 1.44. The second-order valence-electron chi connectivity index (χ2n) is 3.45. The molecule has 0 heterocycles. The third-order valence-corrected chi connectivity index (χ3v) is 2.90. The Morgan fingerprint density at radius 1 is 1.65 bits per heavy atom. The Hall–Kier alpha value is -1.27. The third kappa shape index (κ3) is 3.10. The first-order valence-electron chi connectivity index (χ1n) is 5.10. The summed E-state index contributed by atoms with van der Waals surface area (Å²) in [4.78, 5) is 11.3. The van der Waals surface area contributed by atoms with Crippen molar-refractivity contribution in [3.8, 4) is 11.5 Å². The highest BCUT2D eigenvalue weighted by atomic mass is 79.9. The fraction of sp³-hybridized carbons (Fsp3) is 0.364. The van der Waals surface area contributed by atoms with E-state index in [0.29, 0.717) is 22.3 Å². The Morgan fingerprint density at radius 3 is 2.76 bits per heavy atom. The average molecular weight is 303 g/mol. The van der Waals surface area contributed by atoms with Gasteiger partial charge in [-0.25, -0.2) is 0 Å². The second kappa shape index (κ2) is 5.88. The van der Waals surface area contributed by atoms with Crippen LogP contribution in [0, 0.1) is 0 Å². The normalized spacial score (nSPS) is 12.2. The summed E-state index contributed by atoms with van der Waals surface area (Å²) in [5, 5.41) is 12.6. The number of carbonyl (C=O) groups excluding carboxylic acids is 1. The zero-order valence-electron chi connectivity index (χ0n) is 9.66. The van der Waals surface area contributed by atoms with Gasteiger partial charge in [0.25, 0.3) is 0 Å². The molecule has 0 bridgehead atoms. The van der Waals surface area contributed by atoms with Gasteiger partial charge in [0.05, 0.1) is 11.6 Å². The summed E-state index contributed by atoms with van der Waals surface area (Å²) in [6, 6.07) is 2.61. The number of phenolic OH excluding ortho intramolecular Hbond substituents is 1. The van der Waals surface area contributed by atoms with E-state index in [0.717, 1.165) is 0 Å². The molecular weight excluding hydrogens is 288 g/mol. The topological polar surface area (TPSA) is 84.6 Å². The summed E-state index contributed by atoms with van der Waals surface area (Å²) >= 11 is 3.20. The molecule has 1 rings (SSSR count). The Labute approximate surface area is 108 Å². The Bertz CT molecular complexity index is 423. The van der Waals surface area contributed by atoms with Gasteiger partial charge < -0.3 is 20.9 Å². The van der Waals surface area contributed by atoms with E-state index in [4.69, 9.17) is 10.5 Å². The first-order valence-corrected chi connectivity index (χ1v) is 5.89. The van der Waals surface area contributed by atoms with Gasteiger partial charge in [0.2, 0.25) is 5.91 Å². The largest absolute Gasteiger partial charge is 0.503 e. The zero-order chi connectivity index (χ0) is 13.0. The summed E-state index contributed by atoms with van der Waals surface area (Å²) < 4.78 is 5.47. The first-order chi connectivity index (χ1) is 8.01. The minimum absolute atomic E-state index is 0.00373. The summed E-state index contributed by atoms with van der Waals surface area (Å²) in [5.41, 5.74) is 5.95. The number of methoxy groups -OCH3 is 1. The molecule has 1 aromatic rings. The van der Waals surface area contributed by atoms with Crippen molar-refractivity contribution in [1.29, 1.82) is 0 Å². The Balaban J connectivity index is 3.20. The number of ether oxygens (including phenoxy) is 1. The van der Waals surface area contributed by atoms with Crippen LogP contribution in [0.5, 0.6) is 11.5 Å². The van der Waals surface area contributed by atoms with Crippen molar-refractivity contribution < 1.29 is 14.6 Å². The van der Waals surface area contributed by atoms with E-state index in [1.807, 2.05) is 6.92 Å². The number of phenols is 1. The maximum Gasteiger partial charge on any atom is 0.239 e. The van der Waals surface area contributed by atoms with Gasteiger partial charge in [0.1, 0.15) is 6.04 Å². The van der Waals surface area contributed by atoms with Crippen LogP contribution in [0.2, 0.25) is 0 Å². The summed E-state index contributed by atoms with van der Waals surface area (Å²) in [5.74, 6) is -0.194. The molecule has 0 aliphatic heterocycles. The molecule has 17 heavy (non-hydrogen) atoms. The lowest BCUT2D eigenvalue weighted by Crippen LogP contribution is -2.33. The van der Waals surface area contributed by atoms with Crippen LogP contribution in [-0.2, 0) is 4.79 Å². The molecule has 0 aliphatic carbocycles. The molecule has 0 aliphatic rings. The van der Waals surface area contributed by atoms with Gasteiger partial charge >= 0.3 is 0 Å². The molecule has 94 valence electrons. The number of hydrogen-bond acceptors (Lipinski definition) is 4. The number of likely N-dealkylation sites (N-methyl/N-ethyl adjacent to an activating group) is 1. The van der Waals surface area contributed by atoms with E-state index < -0.39 is 11.9 Å². The van der Waals surface area contributed by atoms with Gasteiger partial charge in [-0.1, -0.05) is 6.92 Å². The van der Waals surface area contributed by atoms with Crippen molar-refractivity contribution in [2.24, 2.45) is 5.73 Å². The van der Waals surface area contributed by atoms with Crippen LogP contribution in [0.15, 0.2) is 16.6 Å².